The predicted octanol–water partition coefficient (Wildman–Crippen LogP) is 1.83. The summed E-state index contributed by atoms with van der Waals surface area (Å²) in [6.07, 6.45) is 0.193. The summed E-state index contributed by atoms with van der Waals surface area (Å²) < 4.78 is 5.21. The first-order valence-electron chi connectivity index (χ1n) is 15.5. The number of aromatic hydroxyl groups is 1. The van der Waals surface area contributed by atoms with Gasteiger partial charge in [-0.15, -0.1) is 0 Å². The van der Waals surface area contributed by atoms with E-state index in [9.17, 15) is 34.2 Å². The number of rotatable bonds is 8. The number of primary amides is 1. The number of carbonyl (C=O) groups is 5. The Morgan fingerprint density at radius 3 is 2.15 bits per heavy atom. The number of hydrogen-bond donors (Lipinski definition) is 4. The Kier molecular flexibility index (Phi) is 8.33. The second kappa shape index (κ2) is 12.1. The van der Waals surface area contributed by atoms with Crippen molar-refractivity contribution in [3.8, 4) is 22.6 Å². The summed E-state index contributed by atoms with van der Waals surface area (Å²) in [5.41, 5.74) is 6.85. The molecule has 0 heterocycles. The summed E-state index contributed by atoms with van der Waals surface area (Å²) in [6.45, 7) is 1.29. The number of phenols is 1. The third kappa shape index (κ3) is 5.24. The SMILES string of the molecule is COc1ccc(CNCc2ccc(-c3ccc(O)c4c3C[C@@H]3C[C@@H]5C(N(C)C)C(=O)C(C(N)=O)C(=O)[C@]5(O)C(=O)C3C4=O)cc2)cc1. The van der Waals surface area contributed by atoms with Crippen molar-refractivity contribution in [2.45, 2.75) is 37.6 Å². The first-order valence-corrected chi connectivity index (χ1v) is 15.5. The molecule has 11 heteroatoms. The first kappa shape index (κ1) is 32.2. The van der Waals surface area contributed by atoms with Crippen LogP contribution in [0.1, 0.15) is 33.5 Å². The number of methoxy groups -OCH3 is 1. The molecule has 0 aliphatic heterocycles. The first-order chi connectivity index (χ1) is 22.4. The van der Waals surface area contributed by atoms with E-state index in [2.05, 4.69) is 5.32 Å². The van der Waals surface area contributed by atoms with E-state index in [1.807, 2.05) is 48.5 Å². The molecule has 3 unspecified atom stereocenters. The second-order valence-corrected chi connectivity index (χ2v) is 12.9. The number of carbonyl (C=O) groups excluding carboxylic acids is 5. The number of nitrogens with one attached hydrogen (secondary N) is 1. The zero-order valence-corrected chi connectivity index (χ0v) is 26.4. The molecule has 2 fully saturated rings. The molecule has 244 valence electrons. The van der Waals surface area contributed by atoms with Gasteiger partial charge < -0.3 is 26.0 Å². The molecule has 0 radical (unpaired) electrons. The fourth-order valence-electron chi connectivity index (χ4n) is 7.77. The largest absolute Gasteiger partial charge is 0.507 e. The lowest BCUT2D eigenvalue weighted by Gasteiger charge is -2.52. The number of fused-ring (bicyclic) bond motifs is 3. The van der Waals surface area contributed by atoms with Crippen LogP contribution in [-0.4, -0.2) is 77.0 Å². The maximum Gasteiger partial charge on any atom is 0.235 e. The van der Waals surface area contributed by atoms with Gasteiger partial charge in [-0.2, -0.15) is 0 Å². The maximum absolute atomic E-state index is 14.0. The van der Waals surface area contributed by atoms with Gasteiger partial charge in [0.15, 0.2) is 34.7 Å². The molecule has 2 saturated carbocycles. The van der Waals surface area contributed by atoms with E-state index < -0.39 is 64.4 Å². The van der Waals surface area contributed by atoms with Gasteiger partial charge in [-0.3, -0.25) is 28.9 Å². The fourth-order valence-corrected chi connectivity index (χ4v) is 7.77. The van der Waals surface area contributed by atoms with Crippen molar-refractivity contribution >= 4 is 29.0 Å². The van der Waals surface area contributed by atoms with Gasteiger partial charge in [0.2, 0.25) is 5.91 Å². The number of nitrogens with zero attached hydrogens (tertiary/aromatic N) is 1. The van der Waals surface area contributed by atoms with Crippen molar-refractivity contribution in [2.75, 3.05) is 21.2 Å². The van der Waals surface area contributed by atoms with Gasteiger partial charge in [0.25, 0.3) is 0 Å². The van der Waals surface area contributed by atoms with Crippen LogP contribution < -0.4 is 15.8 Å². The smallest absolute Gasteiger partial charge is 0.235 e. The molecule has 1 amide bonds. The Hall–Kier alpha value is -4.71. The number of nitrogens with two attached hydrogens (primary N) is 1. The van der Waals surface area contributed by atoms with E-state index in [4.69, 9.17) is 10.5 Å². The summed E-state index contributed by atoms with van der Waals surface area (Å²) in [5.74, 6) is -9.84. The number of amides is 1. The number of ketones is 4. The van der Waals surface area contributed by atoms with Crippen LogP contribution in [0, 0.1) is 23.7 Å². The average Bonchev–Trinajstić information content (AvgIpc) is 3.03. The maximum atomic E-state index is 14.0. The van der Waals surface area contributed by atoms with Crippen LogP contribution in [0.2, 0.25) is 0 Å². The summed E-state index contributed by atoms with van der Waals surface area (Å²) in [6, 6.07) is 17.6. The van der Waals surface area contributed by atoms with Crippen LogP contribution in [0.3, 0.4) is 0 Å². The summed E-state index contributed by atoms with van der Waals surface area (Å²) in [5, 5.41) is 26.0. The number of likely N-dealkylation sites (N-methyl/N-ethyl adjacent to an activating group) is 1. The topological polar surface area (TPSA) is 176 Å². The third-order valence-corrected chi connectivity index (χ3v) is 10.0. The highest BCUT2D eigenvalue weighted by molar-refractivity contribution is 6.32. The molecular weight excluding hydrogens is 602 g/mol. The number of ether oxygens (including phenoxy) is 1. The normalized spacial score (nSPS) is 26.9. The Balaban J connectivity index is 1.28. The summed E-state index contributed by atoms with van der Waals surface area (Å²) in [4.78, 5) is 68.5. The van der Waals surface area contributed by atoms with Crippen LogP contribution >= 0.6 is 0 Å². The minimum atomic E-state index is -2.75. The highest BCUT2D eigenvalue weighted by atomic mass is 16.5. The number of benzene rings is 3. The van der Waals surface area contributed by atoms with Crippen molar-refractivity contribution in [1.82, 2.24) is 10.2 Å². The lowest BCUT2D eigenvalue weighted by Crippen LogP contribution is -2.74. The molecule has 3 aromatic rings. The van der Waals surface area contributed by atoms with Crippen molar-refractivity contribution in [1.29, 1.82) is 0 Å². The van der Waals surface area contributed by atoms with Gasteiger partial charge in [-0.25, -0.2) is 0 Å². The Labute approximate surface area is 271 Å². The predicted molar refractivity (Wildman–Crippen MR) is 170 cm³/mol. The molecule has 0 spiro atoms. The molecule has 0 aromatic heterocycles. The molecule has 0 saturated heterocycles. The zero-order chi connectivity index (χ0) is 33.8. The van der Waals surface area contributed by atoms with E-state index in [-0.39, 0.29) is 24.2 Å². The molecule has 6 atom stereocenters. The lowest BCUT2D eigenvalue weighted by atomic mass is 9.52. The van der Waals surface area contributed by atoms with Crippen molar-refractivity contribution in [2.24, 2.45) is 29.4 Å². The molecule has 11 nitrogen and oxygen atoms in total. The average molecular weight is 640 g/mol. The van der Waals surface area contributed by atoms with E-state index >= 15 is 0 Å². The summed E-state index contributed by atoms with van der Waals surface area (Å²) >= 11 is 0. The molecule has 3 aromatic carbocycles. The summed E-state index contributed by atoms with van der Waals surface area (Å²) in [7, 11) is 4.74. The number of phenolic OH excluding ortho intramolecular Hbond substituents is 1. The van der Waals surface area contributed by atoms with Crippen LogP contribution in [0.25, 0.3) is 11.1 Å². The third-order valence-electron chi connectivity index (χ3n) is 10.0. The lowest BCUT2D eigenvalue weighted by molar-refractivity contribution is -0.181. The van der Waals surface area contributed by atoms with Crippen molar-refractivity contribution in [3.05, 3.63) is 82.9 Å². The van der Waals surface area contributed by atoms with E-state index in [1.165, 1.54) is 11.0 Å². The van der Waals surface area contributed by atoms with Crippen molar-refractivity contribution < 1.29 is 38.9 Å². The number of hydrogen-bond acceptors (Lipinski definition) is 10. The van der Waals surface area contributed by atoms with Crippen LogP contribution in [0.5, 0.6) is 11.5 Å². The van der Waals surface area contributed by atoms with E-state index in [0.29, 0.717) is 24.2 Å². The van der Waals surface area contributed by atoms with Crippen LogP contribution in [-0.2, 0) is 38.7 Å². The molecule has 47 heavy (non-hydrogen) atoms. The standard InChI is InChI=1S/C36H37N3O8/c1-39(2)30-25-15-21-14-24-23(20-8-4-18(5-9-20)16-38-17-19-6-10-22(47-3)11-7-19)12-13-26(40)28(24)31(41)27(21)33(43)36(25,46)34(44)29(32(30)42)35(37)45/h4-13,21,25,27,29-30,38,40,46H,14-17H2,1-3H3,(H2,37,45)/t21-,25-,27?,29?,30?,36-/m1/s1. The van der Waals surface area contributed by atoms with Gasteiger partial charge in [0.1, 0.15) is 11.5 Å². The number of Topliss-reactive ketones (excluding diaryl/α,β-unsaturated/α-hetero) is 4. The number of aliphatic hydroxyl groups is 1. The Morgan fingerprint density at radius 1 is 0.957 bits per heavy atom. The minimum Gasteiger partial charge on any atom is -0.507 e. The quantitative estimate of drug-likeness (QED) is 0.266. The van der Waals surface area contributed by atoms with Gasteiger partial charge in [-0.1, -0.05) is 42.5 Å². The molecule has 5 N–H and O–H groups in total. The van der Waals surface area contributed by atoms with Crippen molar-refractivity contribution in [3.63, 3.8) is 0 Å². The van der Waals surface area contributed by atoms with Crippen LogP contribution in [0.15, 0.2) is 60.7 Å². The Morgan fingerprint density at radius 2 is 1.57 bits per heavy atom. The molecular formula is C36H37N3O8. The van der Waals surface area contributed by atoms with E-state index in [0.717, 1.165) is 22.4 Å². The van der Waals surface area contributed by atoms with Gasteiger partial charge in [0.05, 0.1) is 24.6 Å². The van der Waals surface area contributed by atoms with Gasteiger partial charge in [0, 0.05) is 19.0 Å². The molecule has 6 rings (SSSR count). The highest BCUT2D eigenvalue weighted by Crippen LogP contribution is 2.51. The second-order valence-electron chi connectivity index (χ2n) is 12.9. The fraction of sp³-hybridized carbons (Fsp3) is 0.361. The van der Waals surface area contributed by atoms with Gasteiger partial charge in [-0.05, 0) is 78.9 Å². The van der Waals surface area contributed by atoms with E-state index in [1.54, 1.807) is 27.3 Å². The zero-order valence-electron chi connectivity index (χ0n) is 26.4. The molecule has 3 aliphatic rings. The molecule has 0 bridgehead atoms. The van der Waals surface area contributed by atoms with Crippen LogP contribution in [0.4, 0.5) is 0 Å². The Bertz CT molecular complexity index is 1780. The van der Waals surface area contributed by atoms with Gasteiger partial charge >= 0.3 is 0 Å². The highest BCUT2D eigenvalue weighted by Gasteiger charge is 2.69. The molecule has 3 aliphatic carbocycles. The monoisotopic (exact) mass is 639 g/mol. The minimum absolute atomic E-state index is 0.00219.